The maximum Gasteiger partial charge on any atom is 0.123 e. The highest BCUT2D eigenvalue weighted by Gasteiger charge is 2.25. The lowest BCUT2D eigenvalue weighted by molar-refractivity contribution is 0.476. The van der Waals surface area contributed by atoms with Gasteiger partial charge in [-0.05, 0) is 51.9 Å². The zero-order valence-corrected chi connectivity index (χ0v) is 14.7. The molecule has 4 aromatic carbocycles. The fourth-order valence-electron chi connectivity index (χ4n) is 4.13. The van der Waals surface area contributed by atoms with Crippen molar-refractivity contribution in [3.05, 3.63) is 96.1 Å². The highest BCUT2D eigenvalue weighted by molar-refractivity contribution is 5.96. The number of benzene rings is 4. The van der Waals surface area contributed by atoms with Gasteiger partial charge < -0.3 is 10.2 Å². The molecule has 0 unspecified atom stereocenters. The monoisotopic (exact) mass is 350 g/mol. The van der Waals surface area contributed by atoms with E-state index in [0.717, 1.165) is 28.7 Å². The highest BCUT2D eigenvalue weighted by atomic mass is 16.3. The number of para-hydroxylation sites is 2. The molecule has 1 aliphatic carbocycles. The van der Waals surface area contributed by atoms with Crippen molar-refractivity contribution in [1.29, 1.82) is 0 Å². The van der Waals surface area contributed by atoms with Gasteiger partial charge in [-0.1, -0.05) is 72.8 Å². The molecule has 0 saturated heterocycles. The predicted molar refractivity (Wildman–Crippen MR) is 109 cm³/mol. The molecular formula is C25H18O2. The van der Waals surface area contributed by atoms with Crippen LogP contribution < -0.4 is 0 Å². The molecule has 0 saturated carbocycles. The predicted octanol–water partition coefficient (Wildman–Crippen LogP) is 6.00. The Morgan fingerprint density at radius 1 is 0.481 bits per heavy atom. The van der Waals surface area contributed by atoms with Crippen LogP contribution in [0, 0.1) is 0 Å². The Hall–Kier alpha value is -3.52. The molecule has 130 valence electrons. The average Bonchev–Trinajstić information content (AvgIpc) is 3.07. The van der Waals surface area contributed by atoms with Crippen LogP contribution in [0.25, 0.3) is 33.4 Å². The Morgan fingerprint density at radius 2 is 1.04 bits per heavy atom. The minimum Gasteiger partial charge on any atom is -0.507 e. The molecule has 0 fully saturated rings. The van der Waals surface area contributed by atoms with Gasteiger partial charge in [0.05, 0.1) is 0 Å². The Morgan fingerprint density at radius 3 is 1.74 bits per heavy atom. The van der Waals surface area contributed by atoms with Crippen molar-refractivity contribution >= 4 is 0 Å². The molecule has 2 N–H and O–H groups in total. The first-order valence-corrected chi connectivity index (χ1v) is 9.05. The summed E-state index contributed by atoms with van der Waals surface area (Å²) in [6.45, 7) is 0. The van der Waals surface area contributed by atoms with Gasteiger partial charge in [-0.2, -0.15) is 0 Å². The van der Waals surface area contributed by atoms with Gasteiger partial charge in [-0.15, -0.1) is 0 Å². The largest absolute Gasteiger partial charge is 0.507 e. The minimum atomic E-state index is 0.240. The molecule has 1 aliphatic rings. The van der Waals surface area contributed by atoms with Crippen LogP contribution in [0.15, 0.2) is 84.9 Å². The van der Waals surface area contributed by atoms with Crippen molar-refractivity contribution in [3.8, 4) is 44.9 Å². The third kappa shape index (κ3) is 2.42. The van der Waals surface area contributed by atoms with Crippen molar-refractivity contribution in [2.45, 2.75) is 6.42 Å². The molecule has 0 bridgehead atoms. The molecule has 0 spiro atoms. The SMILES string of the molecule is Oc1ccccc1-c1ccc2c(c1-c1ccccc1O)Cc1ccccc1-2. The van der Waals surface area contributed by atoms with Crippen molar-refractivity contribution in [3.63, 3.8) is 0 Å². The first-order chi connectivity index (χ1) is 13.2. The van der Waals surface area contributed by atoms with Gasteiger partial charge >= 0.3 is 0 Å². The standard InChI is InChI=1S/C25H18O2/c26-23-11-5-3-9-19(23)20-14-13-18-17-8-2-1-7-16(17)15-22(18)25(20)21-10-4-6-12-24(21)27/h1-14,26-27H,15H2. The minimum absolute atomic E-state index is 0.240. The van der Waals surface area contributed by atoms with Crippen LogP contribution in [-0.2, 0) is 6.42 Å². The third-order valence-corrected chi connectivity index (χ3v) is 5.36. The number of aromatic hydroxyl groups is 2. The summed E-state index contributed by atoms with van der Waals surface area (Å²) >= 11 is 0. The Balaban J connectivity index is 1.86. The summed E-state index contributed by atoms with van der Waals surface area (Å²) in [5, 5.41) is 21.1. The van der Waals surface area contributed by atoms with Gasteiger partial charge in [0.25, 0.3) is 0 Å². The van der Waals surface area contributed by atoms with Crippen LogP contribution in [0.1, 0.15) is 11.1 Å². The maximum absolute atomic E-state index is 10.6. The smallest absolute Gasteiger partial charge is 0.123 e. The molecule has 5 rings (SSSR count). The van der Waals surface area contributed by atoms with Gasteiger partial charge in [0.2, 0.25) is 0 Å². The van der Waals surface area contributed by atoms with Crippen LogP contribution in [0.5, 0.6) is 11.5 Å². The normalized spacial score (nSPS) is 11.9. The average molecular weight is 350 g/mol. The van der Waals surface area contributed by atoms with E-state index in [4.69, 9.17) is 0 Å². The van der Waals surface area contributed by atoms with E-state index >= 15 is 0 Å². The number of rotatable bonds is 2. The fraction of sp³-hybridized carbons (Fsp3) is 0.0400. The molecule has 2 nitrogen and oxygen atoms in total. The van der Waals surface area contributed by atoms with E-state index in [-0.39, 0.29) is 11.5 Å². The lowest BCUT2D eigenvalue weighted by atomic mass is 9.87. The van der Waals surface area contributed by atoms with Gasteiger partial charge in [-0.25, -0.2) is 0 Å². The lowest BCUT2D eigenvalue weighted by Gasteiger charge is -2.17. The van der Waals surface area contributed by atoms with Crippen molar-refractivity contribution in [1.82, 2.24) is 0 Å². The van der Waals surface area contributed by atoms with Gasteiger partial charge in [0, 0.05) is 11.1 Å². The number of fused-ring (bicyclic) bond motifs is 3. The van der Waals surface area contributed by atoms with Crippen molar-refractivity contribution < 1.29 is 10.2 Å². The van der Waals surface area contributed by atoms with Crippen LogP contribution in [0.2, 0.25) is 0 Å². The maximum atomic E-state index is 10.6. The number of hydrogen-bond acceptors (Lipinski definition) is 2. The second-order valence-electron chi connectivity index (χ2n) is 6.88. The molecule has 0 aromatic heterocycles. The number of hydrogen-bond donors (Lipinski definition) is 2. The van der Waals surface area contributed by atoms with Crippen molar-refractivity contribution in [2.24, 2.45) is 0 Å². The summed E-state index contributed by atoms with van der Waals surface area (Å²) in [5.74, 6) is 0.489. The Bertz CT molecular complexity index is 1170. The van der Waals surface area contributed by atoms with Crippen LogP contribution in [0.4, 0.5) is 0 Å². The topological polar surface area (TPSA) is 40.5 Å². The van der Waals surface area contributed by atoms with Crippen LogP contribution in [-0.4, -0.2) is 10.2 Å². The molecule has 0 heterocycles. The molecule has 4 aromatic rings. The summed E-state index contributed by atoms with van der Waals surface area (Å²) in [6, 6.07) is 27.4. The second kappa shape index (κ2) is 6.03. The summed E-state index contributed by atoms with van der Waals surface area (Å²) < 4.78 is 0. The van der Waals surface area contributed by atoms with E-state index in [2.05, 4.69) is 36.4 Å². The van der Waals surface area contributed by atoms with Crippen molar-refractivity contribution in [2.75, 3.05) is 0 Å². The molecular weight excluding hydrogens is 332 g/mol. The summed E-state index contributed by atoms with van der Waals surface area (Å²) in [4.78, 5) is 0. The van der Waals surface area contributed by atoms with E-state index in [9.17, 15) is 10.2 Å². The first kappa shape index (κ1) is 15.7. The highest BCUT2D eigenvalue weighted by Crippen LogP contribution is 2.48. The quantitative estimate of drug-likeness (QED) is 0.410. The summed E-state index contributed by atoms with van der Waals surface area (Å²) in [5.41, 5.74) is 8.41. The number of phenols is 2. The van der Waals surface area contributed by atoms with E-state index in [1.54, 1.807) is 12.1 Å². The Kier molecular flexibility index (Phi) is 3.51. The zero-order chi connectivity index (χ0) is 18.4. The van der Waals surface area contributed by atoms with Crippen LogP contribution >= 0.6 is 0 Å². The first-order valence-electron chi connectivity index (χ1n) is 9.05. The van der Waals surface area contributed by atoms with Gasteiger partial charge in [-0.3, -0.25) is 0 Å². The molecule has 27 heavy (non-hydrogen) atoms. The summed E-state index contributed by atoms with van der Waals surface area (Å²) in [6.07, 6.45) is 0.816. The third-order valence-electron chi connectivity index (χ3n) is 5.36. The van der Waals surface area contributed by atoms with Gasteiger partial charge in [0.1, 0.15) is 11.5 Å². The fourth-order valence-corrected chi connectivity index (χ4v) is 4.13. The van der Waals surface area contributed by atoms with Crippen LogP contribution in [0.3, 0.4) is 0 Å². The molecule has 0 aliphatic heterocycles. The second-order valence-corrected chi connectivity index (χ2v) is 6.88. The van der Waals surface area contributed by atoms with Gasteiger partial charge in [0.15, 0.2) is 0 Å². The molecule has 0 amide bonds. The summed E-state index contributed by atoms with van der Waals surface area (Å²) in [7, 11) is 0. The number of phenolic OH excluding ortho intramolecular Hbond substituents is 2. The molecule has 0 radical (unpaired) electrons. The van der Waals surface area contributed by atoms with E-state index in [1.807, 2.05) is 36.4 Å². The zero-order valence-electron chi connectivity index (χ0n) is 14.7. The molecule has 0 atom stereocenters. The van der Waals surface area contributed by atoms with E-state index < -0.39 is 0 Å². The molecule has 2 heteroatoms. The van der Waals surface area contributed by atoms with E-state index in [0.29, 0.717) is 0 Å². The van der Waals surface area contributed by atoms with E-state index in [1.165, 1.54) is 22.3 Å². The lowest BCUT2D eigenvalue weighted by Crippen LogP contribution is -1.93. The Labute approximate surface area is 158 Å².